The SMILES string of the molecule is N#CCN1CCN(c2nc(Nc3ccc(C4CCC(CC(=O)O)CN4)cc3)c3c(=O)[nH]ncc3n2)CC1. The summed E-state index contributed by atoms with van der Waals surface area (Å²) in [6, 6.07) is 10.3. The molecule has 2 fully saturated rings. The van der Waals surface area contributed by atoms with Crippen LogP contribution in [-0.4, -0.2) is 75.4 Å². The fraction of sp³-hybridized carbons (Fsp3) is 0.440. The lowest BCUT2D eigenvalue weighted by atomic mass is 9.89. The first-order valence-electron chi connectivity index (χ1n) is 12.4. The second kappa shape index (κ2) is 10.9. The van der Waals surface area contributed by atoms with Crippen LogP contribution in [0.3, 0.4) is 0 Å². The van der Waals surface area contributed by atoms with Gasteiger partial charge >= 0.3 is 5.97 Å². The number of aromatic amines is 1. The van der Waals surface area contributed by atoms with E-state index in [9.17, 15) is 9.59 Å². The Morgan fingerprint density at radius 3 is 2.62 bits per heavy atom. The Bertz CT molecular complexity index is 1350. The van der Waals surface area contributed by atoms with Gasteiger partial charge in [-0.25, -0.2) is 10.1 Å². The summed E-state index contributed by atoms with van der Waals surface area (Å²) in [6.45, 7) is 3.92. The predicted molar refractivity (Wildman–Crippen MR) is 138 cm³/mol. The standard InChI is InChI=1S/C25H29N9O3/c26-7-8-33-9-11-34(12-10-33)25-30-20-15-28-32-24(37)22(20)23(31-25)29-18-4-2-17(3-5-18)19-6-1-16(14-27-19)13-21(35)36/h2-5,15-16,19,27H,1,6,8-14H2,(H,32,37)(H,35,36)(H,29,30,31). The van der Waals surface area contributed by atoms with Crippen LogP contribution in [0.4, 0.5) is 17.5 Å². The number of nitriles is 1. The van der Waals surface area contributed by atoms with Crippen molar-refractivity contribution in [1.29, 1.82) is 5.26 Å². The fourth-order valence-corrected chi connectivity index (χ4v) is 4.99. The third kappa shape index (κ3) is 5.68. The van der Waals surface area contributed by atoms with Crippen LogP contribution in [0.25, 0.3) is 10.9 Å². The largest absolute Gasteiger partial charge is 0.481 e. The monoisotopic (exact) mass is 503 g/mol. The Hall–Kier alpha value is -4.08. The van der Waals surface area contributed by atoms with Gasteiger partial charge in [-0.15, -0.1) is 0 Å². The number of hydrogen-bond acceptors (Lipinski definition) is 10. The Morgan fingerprint density at radius 2 is 1.95 bits per heavy atom. The van der Waals surface area contributed by atoms with Crippen molar-refractivity contribution in [1.82, 2.24) is 30.4 Å². The number of piperidine rings is 1. The van der Waals surface area contributed by atoms with Crippen LogP contribution in [0, 0.1) is 17.2 Å². The van der Waals surface area contributed by atoms with E-state index in [0.29, 0.717) is 48.8 Å². The Labute approximate surface area is 213 Å². The maximum absolute atomic E-state index is 12.6. The molecule has 37 heavy (non-hydrogen) atoms. The number of carboxylic acids is 1. The molecule has 0 radical (unpaired) electrons. The second-order valence-corrected chi connectivity index (χ2v) is 9.50. The minimum atomic E-state index is -0.753. The van der Waals surface area contributed by atoms with Gasteiger partial charge in [0, 0.05) is 44.3 Å². The van der Waals surface area contributed by atoms with Crippen molar-refractivity contribution in [2.75, 3.05) is 49.5 Å². The maximum Gasteiger partial charge on any atom is 0.303 e. The topological polar surface area (TPSA) is 163 Å². The number of nitrogens with zero attached hydrogens (tertiary/aromatic N) is 6. The molecule has 12 heteroatoms. The summed E-state index contributed by atoms with van der Waals surface area (Å²) in [5.41, 5.74) is 1.99. The first-order valence-corrected chi connectivity index (χ1v) is 12.4. The van der Waals surface area contributed by atoms with Crippen LogP contribution >= 0.6 is 0 Å². The molecule has 1 aromatic carbocycles. The van der Waals surface area contributed by atoms with E-state index in [1.165, 1.54) is 6.20 Å². The molecule has 0 bridgehead atoms. The van der Waals surface area contributed by atoms with E-state index in [1.54, 1.807) is 0 Å². The normalized spacial score (nSPS) is 20.5. The van der Waals surface area contributed by atoms with E-state index < -0.39 is 5.97 Å². The van der Waals surface area contributed by atoms with Crippen molar-refractivity contribution in [3.63, 3.8) is 0 Å². The van der Waals surface area contributed by atoms with Crippen molar-refractivity contribution in [3.8, 4) is 6.07 Å². The molecule has 2 aliphatic rings. The lowest BCUT2D eigenvalue weighted by Gasteiger charge is -2.33. The molecule has 4 N–H and O–H groups in total. The smallest absolute Gasteiger partial charge is 0.303 e. The number of anilines is 3. The van der Waals surface area contributed by atoms with Gasteiger partial charge in [0.05, 0.1) is 18.8 Å². The molecule has 0 spiro atoms. The summed E-state index contributed by atoms with van der Waals surface area (Å²) >= 11 is 0. The third-order valence-electron chi connectivity index (χ3n) is 7.01. The number of fused-ring (bicyclic) bond motifs is 1. The van der Waals surface area contributed by atoms with Crippen LogP contribution in [0.5, 0.6) is 0 Å². The van der Waals surface area contributed by atoms with E-state index in [4.69, 9.17) is 15.4 Å². The van der Waals surface area contributed by atoms with Gasteiger partial charge in [-0.05, 0) is 43.0 Å². The quantitative estimate of drug-likeness (QED) is 0.346. The highest BCUT2D eigenvalue weighted by Crippen LogP contribution is 2.29. The molecular formula is C25H29N9O3. The summed E-state index contributed by atoms with van der Waals surface area (Å²) in [4.78, 5) is 37.0. The predicted octanol–water partition coefficient (Wildman–Crippen LogP) is 1.62. The molecule has 2 atom stereocenters. The van der Waals surface area contributed by atoms with Crippen LogP contribution in [0.1, 0.15) is 30.9 Å². The van der Waals surface area contributed by atoms with E-state index in [-0.39, 0.29) is 23.9 Å². The van der Waals surface area contributed by atoms with Crippen molar-refractivity contribution in [3.05, 3.63) is 46.4 Å². The molecular weight excluding hydrogens is 474 g/mol. The van der Waals surface area contributed by atoms with E-state index >= 15 is 0 Å². The van der Waals surface area contributed by atoms with Gasteiger partial charge in [-0.1, -0.05) is 12.1 Å². The van der Waals surface area contributed by atoms with Crippen LogP contribution in [0.15, 0.2) is 35.3 Å². The maximum atomic E-state index is 12.6. The number of aliphatic carboxylic acids is 1. The number of carbonyl (C=O) groups is 1. The van der Waals surface area contributed by atoms with Gasteiger partial charge in [-0.3, -0.25) is 14.5 Å². The molecule has 2 aliphatic heterocycles. The molecule has 0 aliphatic carbocycles. The summed E-state index contributed by atoms with van der Waals surface area (Å²) in [5.74, 6) is 0.329. The number of piperazine rings is 1. The molecule has 2 aromatic heterocycles. The van der Waals surface area contributed by atoms with Crippen LogP contribution < -0.4 is 21.1 Å². The zero-order chi connectivity index (χ0) is 25.8. The lowest BCUT2D eigenvalue weighted by Crippen LogP contribution is -2.47. The number of H-pyrrole nitrogens is 1. The van der Waals surface area contributed by atoms with E-state index in [0.717, 1.165) is 37.2 Å². The molecule has 192 valence electrons. The minimum absolute atomic E-state index is 0.164. The van der Waals surface area contributed by atoms with Gasteiger partial charge in [0.1, 0.15) is 16.7 Å². The zero-order valence-corrected chi connectivity index (χ0v) is 20.4. The fourth-order valence-electron chi connectivity index (χ4n) is 4.99. The number of rotatable bonds is 7. The number of aromatic nitrogens is 4. The second-order valence-electron chi connectivity index (χ2n) is 9.50. The molecule has 3 aromatic rings. The van der Waals surface area contributed by atoms with Crippen molar-refractivity contribution < 1.29 is 9.90 Å². The zero-order valence-electron chi connectivity index (χ0n) is 20.4. The molecule has 0 amide bonds. The first-order chi connectivity index (χ1) is 18.0. The molecule has 2 unspecified atom stereocenters. The summed E-state index contributed by atoms with van der Waals surface area (Å²) in [7, 11) is 0. The highest BCUT2D eigenvalue weighted by molar-refractivity contribution is 5.90. The van der Waals surface area contributed by atoms with Gasteiger partial charge in [-0.2, -0.15) is 15.3 Å². The van der Waals surface area contributed by atoms with E-state index in [1.807, 2.05) is 24.3 Å². The van der Waals surface area contributed by atoms with E-state index in [2.05, 4.69) is 41.7 Å². The van der Waals surface area contributed by atoms with Crippen LogP contribution in [-0.2, 0) is 4.79 Å². The summed E-state index contributed by atoms with van der Waals surface area (Å²) in [5, 5.41) is 31.4. The van der Waals surface area contributed by atoms with Gasteiger partial charge in [0.2, 0.25) is 5.95 Å². The Kier molecular flexibility index (Phi) is 7.25. The summed E-state index contributed by atoms with van der Waals surface area (Å²) < 4.78 is 0. The Balaban J connectivity index is 1.33. The van der Waals surface area contributed by atoms with Gasteiger partial charge < -0.3 is 20.6 Å². The highest BCUT2D eigenvalue weighted by Gasteiger charge is 2.24. The molecule has 12 nitrogen and oxygen atoms in total. The average molecular weight is 504 g/mol. The first kappa shape index (κ1) is 24.6. The number of carboxylic acid groups (broad SMARTS) is 1. The lowest BCUT2D eigenvalue weighted by molar-refractivity contribution is -0.138. The average Bonchev–Trinajstić information content (AvgIpc) is 2.90. The molecule has 5 rings (SSSR count). The van der Waals surface area contributed by atoms with Crippen LogP contribution in [0.2, 0.25) is 0 Å². The molecule has 4 heterocycles. The highest BCUT2D eigenvalue weighted by atomic mass is 16.4. The number of hydrogen-bond donors (Lipinski definition) is 4. The number of nitrogens with one attached hydrogen (secondary N) is 3. The minimum Gasteiger partial charge on any atom is -0.481 e. The van der Waals surface area contributed by atoms with Crippen molar-refractivity contribution >= 4 is 34.3 Å². The molecule has 2 saturated heterocycles. The molecule has 0 saturated carbocycles. The van der Waals surface area contributed by atoms with Crippen molar-refractivity contribution in [2.45, 2.75) is 25.3 Å². The van der Waals surface area contributed by atoms with Gasteiger partial charge in [0.25, 0.3) is 5.56 Å². The summed E-state index contributed by atoms with van der Waals surface area (Å²) in [6.07, 6.45) is 3.48. The number of benzene rings is 1. The van der Waals surface area contributed by atoms with Gasteiger partial charge in [0.15, 0.2) is 0 Å². The van der Waals surface area contributed by atoms with Crippen molar-refractivity contribution in [2.24, 2.45) is 5.92 Å². The third-order valence-corrected chi connectivity index (χ3v) is 7.01. The Morgan fingerprint density at radius 1 is 1.16 bits per heavy atom.